The summed E-state index contributed by atoms with van der Waals surface area (Å²) >= 11 is 9.65. The summed E-state index contributed by atoms with van der Waals surface area (Å²) in [6.45, 7) is 5.70. The second-order valence-electron chi connectivity index (χ2n) is 4.96. The van der Waals surface area contributed by atoms with E-state index >= 15 is 0 Å². The molecule has 0 fully saturated rings. The zero-order valence-corrected chi connectivity index (χ0v) is 13.9. The van der Waals surface area contributed by atoms with E-state index in [0.29, 0.717) is 10.6 Å². The van der Waals surface area contributed by atoms with E-state index in [1.165, 1.54) is 0 Å². The van der Waals surface area contributed by atoms with Crippen LogP contribution in [0, 0.1) is 19.7 Å². The first-order valence-electron chi connectivity index (χ1n) is 6.36. The van der Waals surface area contributed by atoms with Gasteiger partial charge in [0.25, 0.3) is 0 Å². The van der Waals surface area contributed by atoms with Crippen molar-refractivity contribution in [1.29, 1.82) is 0 Å². The third-order valence-electron chi connectivity index (χ3n) is 3.32. The number of hydrogen-bond donors (Lipinski definition) is 1. The van der Waals surface area contributed by atoms with Crippen LogP contribution in [0.4, 0.5) is 10.1 Å². The lowest BCUT2D eigenvalue weighted by Crippen LogP contribution is -2.08. The minimum atomic E-state index is -0.183. The highest BCUT2D eigenvalue weighted by molar-refractivity contribution is 9.10. The van der Waals surface area contributed by atoms with Crippen molar-refractivity contribution < 1.29 is 4.39 Å². The summed E-state index contributed by atoms with van der Waals surface area (Å²) in [5.74, 6) is -0.183. The Hall–Kier alpha value is -1.06. The molecule has 4 heteroatoms. The van der Waals surface area contributed by atoms with Crippen LogP contribution < -0.4 is 5.32 Å². The molecular formula is C16H16BrClFN. The summed E-state index contributed by atoms with van der Waals surface area (Å²) in [6, 6.07) is 9.12. The smallest absolute Gasteiger partial charge is 0.126 e. The van der Waals surface area contributed by atoms with Gasteiger partial charge in [-0.15, -0.1) is 0 Å². The Morgan fingerprint density at radius 3 is 2.50 bits per heavy atom. The zero-order valence-electron chi connectivity index (χ0n) is 11.6. The molecule has 2 aromatic rings. The van der Waals surface area contributed by atoms with Crippen LogP contribution in [-0.2, 0) is 0 Å². The molecule has 2 rings (SSSR count). The summed E-state index contributed by atoms with van der Waals surface area (Å²) < 4.78 is 14.6. The van der Waals surface area contributed by atoms with Crippen LogP contribution in [0.1, 0.15) is 29.7 Å². The molecule has 0 saturated carbocycles. The van der Waals surface area contributed by atoms with Gasteiger partial charge in [-0.2, -0.15) is 0 Å². The van der Waals surface area contributed by atoms with Crippen molar-refractivity contribution in [2.45, 2.75) is 26.8 Å². The van der Waals surface area contributed by atoms with Gasteiger partial charge in [0, 0.05) is 15.5 Å². The molecule has 0 aliphatic carbocycles. The molecule has 0 bridgehead atoms. The Kier molecular flexibility index (Phi) is 4.71. The van der Waals surface area contributed by atoms with Crippen LogP contribution in [0.3, 0.4) is 0 Å². The van der Waals surface area contributed by atoms with Crippen molar-refractivity contribution in [1.82, 2.24) is 0 Å². The standard InChI is InChI=1S/C16H16BrClFN/c1-9-4-5-12(7-15(9)19)11(3)20-16-8-14(18)10(2)6-13(16)17/h4-8,11,20H,1-3H3. The number of nitrogens with one attached hydrogen (secondary N) is 1. The van der Waals surface area contributed by atoms with Crippen molar-refractivity contribution in [3.05, 3.63) is 62.3 Å². The zero-order chi connectivity index (χ0) is 14.9. The molecule has 0 aliphatic heterocycles. The number of rotatable bonds is 3. The van der Waals surface area contributed by atoms with Crippen LogP contribution in [0.15, 0.2) is 34.8 Å². The molecule has 0 heterocycles. The predicted octanol–water partition coefficient (Wildman–Crippen LogP) is 6.03. The average Bonchev–Trinajstić information content (AvgIpc) is 2.39. The summed E-state index contributed by atoms with van der Waals surface area (Å²) in [6.07, 6.45) is 0. The lowest BCUT2D eigenvalue weighted by molar-refractivity contribution is 0.614. The monoisotopic (exact) mass is 355 g/mol. The van der Waals surface area contributed by atoms with Gasteiger partial charge in [-0.3, -0.25) is 0 Å². The minimum Gasteiger partial charge on any atom is -0.378 e. The molecule has 1 N–H and O–H groups in total. The average molecular weight is 357 g/mol. The molecule has 0 aliphatic rings. The van der Waals surface area contributed by atoms with Crippen LogP contribution >= 0.6 is 27.5 Å². The number of anilines is 1. The summed E-state index contributed by atoms with van der Waals surface area (Å²) in [5.41, 5.74) is 3.46. The Labute approximate surface area is 132 Å². The number of benzene rings is 2. The molecule has 1 unspecified atom stereocenters. The quantitative estimate of drug-likeness (QED) is 0.708. The van der Waals surface area contributed by atoms with Gasteiger partial charge in [-0.05, 0) is 71.6 Å². The van der Waals surface area contributed by atoms with Crippen LogP contribution in [-0.4, -0.2) is 0 Å². The van der Waals surface area contributed by atoms with E-state index in [4.69, 9.17) is 11.6 Å². The first-order chi connectivity index (χ1) is 9.38. The van der Waals surface area contributed by atoms with Crippen LogP contribution in [0.2, 0.25) is 5.02 Å². The fourth-order valence-electron chi connectivity index (χ4n) is 1.95. The highest BCUT2D eigenvalue weighted by Gasteiger charge is 2.11. The summed E-state index contributed by atoms with van der Waals surface area (Å²) in [4.78, 5) is 0. The highest BCUT2D eigenvalue weighted by Crippen LogP contribution is 2.31. The molecule has 0 amide bonds. The summed E-state index contributed by atoms with van der Waals surface area (Å²) in [7, 11) is 0. The second-order valence-corrected chi connectivity index (χ2v) is 6.22. The van der Waals surface area contributed by atoms with Gasteiger partial charge >= 0.3 is 0 Å². The lowest BCUT2D eigenvalue weighted by Gasteiger charge is -2.18. The van der Waals surface area contributed by atoms with E-state index < -0.39 is 0 Å². The maximum atomic E-state index is 13.6. The second kappa shape index (κ2) is 6.15. The SMILES string of the molecule is Cc1ccc(C(C)Nc2cc(Cl)c(C)cc2Br)cc1F. The van der Waals surface area contributed by atoms with Crippen molar-refractivity contribution in [3.8, 4) is 0 Å². The third kappa shape index (κ3) is 3.33. The Morgan fingerprint density at radius 2 is 1.85 bits per heavy atom. The maximum Gasteiger partial charge on any atom is 0.126 e. The fraction of sp³-hybridized carbons (Fsp3) is 0.250. The number of halogens is 3. The van der Waals surface area contributed by atoms with Crippen molar-refractivity contribution >= 4 is 33.2 Å². The van der Waals surface area contributed by atoms with Crippen LogP contribution in [0.25, 0.3) is 0 Å². The predicted molar refractivity (Wildman–Crippen MR) is 87.1 cm³/mol. The molecule has 0 saturated heterocycles. The third-order valence-corrected chi connectivity index (χ3v) is 4.38. The topological polar surface area (TPSA) is 12.0 Å². The summed E-state index contributed by atoms with van der Waals surface area (Å²) in [5, 5.41) is 4.05. The molecular weight excluding hydrogens is 341 g/mol. The van der Waals surface area contributed by atoms with Gasteiger partial charge in [0.05, 0.1) is 5.69 Å². The van der Waals surface area contributed by atoms with Crippen LogP contribution in [0.5, 0.6) is 0 Å². The van der Waals surface area contributed by atoms with Gasteiger partial charge in [-0.1, -0.05) is 23.7 Å². The van der Waals surface area contributed by atoms with Gasteiger partial charge in [0.1, 0.15) is 5.82 Å². The highest BCUT2D eigenvalue weighted by atomic mass is 79.9. The molecule has 0 radical (unpaired) electrons. The fourth-order valence-corrected chi connectivity index (χ4v) is 2.69. The molecule has 2 aromatic carbocycles. The lowest BCUT2D eigenvalue weighted by atomic mass is 10.1. The van der Waals surface area contributed by atoms with Crippen molar-refractivity contribution in [2.75, 3.05) is 5.32 Å². The van der Waals surface area contributed by atoms with Gasteiger partial charge in [0.2, 0.25) is 0 Å². The van der Waals surface area contributed by atoms with E-state index in [2.05, 4.69) is 21.2 Å². The first-order valence-corrected chi connectivity index (χ1v) is 7.54. The minimum absolute atomic E-state index is 0.0137. The molecule has 0 spiro atoms. The molecule has 0 aromatic heterocycles. The van der Waals surface area contributed by atoms with Gasteiger partial charge in [-0.25, -0.2) is 4.39 Å². The van der Waals surface area contributed by atoms with E-state index in [0.717, 1.165) is 21.3 Å². The maximum absolute atomic E-state index is 13.6. The van der Waals surface area contributed by atoms with Gasteiger partial charge in [0.15, 0.2) is 0 Å². The van der Waals surface area contributed by atoms with E-state index in [1.54, 1.807) is 19.1 Å². The number of aryl methyl sites for hydroxylation is 2. The van der Waals surface area contributed by atoms with Crippen molar-refractivity contribution in [2.24, 2.45) is 0 Å². The van der Waals surface area contributed by atoms with Crippen molar-refractivity contribution in [3.63, 3.8) is 0 Å². The molecule has 1 nitrogen and oxygen atoms in total. The van der Waals surface area contributed by atoms with E-state index in [9.17, 15) is 4.39 Å². The van der Waals surface area contributed by atoms with Gasteiger partial charge < -0.3 is 5.32 Å². The largest absolute Gasteiger partial charge is 0.378 e. The van der Waals surface area contributed by atoms with E-state index in [1.807, 2.05) is 32.0 Å². The first kappa shape index (κ1) is 15.3. The molecule has 1 atom stereocenters. The normalized spacial score (nSPS) is 12.3. The molecule has 106 valence electrons. The Bertz CT molecular complexity index is 643. The number of hydrogen-bond acceptors (Lipinski definition) is 1. The van der Waals surface area contributed by atoms with E-state index in [-0.39, 0.29) is 11.9 Å². The molecule has 20 heavy (non-hydrogen) atoms. The Balaban J connectivity index is 2.25. The Morgan fingerprint density at radius 1 is 1.15 bits per heavy atom.